The number of carbonyl (C=O) groups is 1. The second kappa shape index (κ2) is 6.83. The highest BCUT2D eigenvalue weighted by Crippen LogP contribution is 2.15. The molecule has 112 valence electrons. The van der Waals surface area contributed by atoms with Gasteiger partial charge in [0.1, 0.15) is 0 Å². The number of piperidine rings is 1. The largest absolute Gasteiger partial charge is 0.424 e. The minimum atomic E-state index is 0.124. The molecular weight excluding hydrogens is 256 g/mol. The van der Waals surface area contributed by atoms with Gasteiger partial charge in [0, 0.05) is 33.5 Å². The van der Waals surface area contributed by atoms with E-state index in [0.717, 1.165) is 25.6 Å². The van der Waals surface area contributed by atoms with Crippen molar-refractivity contribution in [3.8, 4) is 0 Å². The van der Waals surface area contributed by atoms with E-state index < -0.39 is 0 Å². The highest BCUT2D eigenvalue weighted by atomic mass is 16.4. The van der Waals surface area contributed by atoms with Gasteiger partial charge >= 0.3 is 0 Å². The monoisotopic (exact) mass is 280 g/mol. The fourth-order valence-corrected chi connectivity index (χ4v) is 2.63. The van der Waals surface area contributed by atoms with E-state index in [2.05, 4.69) is 22.0 Å². The molecular formula is C14H24N4O2. The molecule has 2 rings (SSSR count). The number of carbonyl (C=O) groups excluding carboxylic acids is 1. The third-order valence-corrected chi connectivity index (χ3v) is 3.75. The van der Waals surface area contributed by atoms with E-state index in [-0.39, 0.29) is 5.91 Å². The summed E-state index contributed by atoms with van der Waals surface area (Å²) in [5.41, 5.74) is 0. The Morgan fingerprint density at radius 1 is 1.50 bits per heavy atom. The van der Waals surface area contributed by atoms with Crippen LogP contribution < -0.4 is 0 Å². The predicted molar refractivity (Wildman–Crippen MR) is 75.0 cm³/mol. The maximum absolute atomic E-state index is 12.1. The van der Waals surface area contributed by atoms with Crippen molar-refractivity contribution in [2.75, 3.05) is 26.7 Å². The molecule has 1 atom stereocenters. The minimum absolute atomic E-state index is 0.124. The van der Waals surface area contributed by atoms with Gasteiger partial charge in [0.15, 0.2) is 0 Å². The quantitative estimate of drug-likeness (QED) is 0.817. The molecule has 1 aromatic heterocycles. The van der Waals surface area contributed by atoms with Gasteiger partial charge in [0.2, 0.25) is 17.7 Å². The van der Waals surface area contributed by atoms with Gasteiger partial charge in [0.25, 0.3) is 0 Å². The van der Waals surface area contributed by atoms with Crippen molar-refractivity contribution in [2.45, 2.75) is 39.7 Å². The first-order valence-corrected chi connectivity index (χ1v) is 7.30. The first kappa shape index (κ1) is 15.0. The summed E-state index contributed by atoms with van der Waals surface area (Å²) in [4.78, 5) is 16.1. The maximum atomic E-state index is 12.1. The van der Waals surface area contributed by atoms with E-state index >= 15 is 0 Å². The molecule has 0 aromatic carbocycles. The maximum Gasteiger partial charge on any atom is 0.235 e. The number of aryl methyl sites for hydroxylation is 1. The van der Waals surface area contributed by atoms with Crippen LogP contribution in [0.3, 0.4) is 0 Å². The van der Waals surface area contributed by atoms with Gasteiger partial charge in [-0.05, 0) is 25.3 Å². The van der Waals surface area contributed by atoms with E-state index in [9.17, 15) is 4.79 Å². The first-order valence-electron chi connectivity index (χ1n) is 7.30. The Labute approximate surface area is 120 Å². The number of likely N-dealkylation sites (tertiary alicyclic amines) is 1. The summed E-state index contributed by atoms with van der Waals surface area (Å²) in [6, 6.07) is 0. The molecule has 1 amide bonds. The molecule has 0 N–H and O–H groups in total. The van der Waals surface area contributed by atoms with E-state index in [4.69, 9.17) is 4.42 Å². The van der Waals surface area contributed by atoms with Crippen LogP contribution in [-0.2, 0) is 11.3 Å². The zero-order chi connectivity index (χ0) is 14.5. The average Bonchev–Trinajstić information content (AvgIpc) is 2.81. The zero-order valence-electron chi connectivity index (χ0n) is 12.6. The van der Waals surface area contributed by atoms with Crippen molar-refractivity contribution in [2.24, 2.45) is 5.92 Å². The molecule has 6 nitrogen and oxygen atoms in total. The summed E-state index contributed by atoms with van der Waals surface area (Å²) in [5.74, 6) is 1.89. The molecule has 1 aromatic rings. The molecule has 2 heterocycles. The van der Waals surface area contributed by atoms with Crippen LogP contribution in [0.15, 0.2) is 4.42 Å². The van der Waals surface area contributed by atoms with Gasteiger partial charge < -0.3 is 14.2 Å². The summed E-state index contributed by atoms with van der Waals surface area (Å²) in [5, 5.41) is 7.67. The Balaban J connectivity index is 1.73. The fraction of sp³-hybridized carbons (Fsp3) is 0.786. The molecule has 0 bridgehead atoms. The first-order chi connectivity index (χ1) is 9.54. The summed E-state index contributed by atoms with van der Waals surface area (Å²) >= 11 is 0. The molecule has 0 aliphatic carbocycles. The molecule has 0 spiro atoms. The van der Waals surface area contributed by atoms with Crippen molar-refractivity contribution >= 4 is 5.91 Å². The van der Waals surface area contributed by atoms with Gasteiger partial charge in [-0.2, -0.15) is 0 Å². The van der Waals surface area contributed by atoms with Crippen LogP contribution in [0, 0.1) is 12.8 Å². The van der Waals surface area contributed by atoms with Gasteiger partial charge in [-0.15, -0.1) is 10.2 Å². The molecule has 1 unspecified atom stereocenters. The fourth-order valence-electron chi connectivity index (χ4n) is 2.63. The Hall–Kier alpha value is -1.43. The van der Waals surface area contributed by atoms with E-state index in [1.165, 1.54) is 12.8 Å². The lowest BCUT2D eigenvalue weighted by molar-refractivity contribution is -0.131. The van der Waals surface area contributed by atoms with Crippen molar-refractivity contribution in [3.63, 3.8) is 0 Å². The van der Waals surface area contributed by atoms with Crippen molar-refractivity contribution in [1.82, 2.24) is 20.0 Å². The summed E-state index contributed by atoms with van der Waals surface area (Å²) in [6.07, 6.45) is 3.10. The smallest absolute Gasteiger partial charge is 0.235 e. The number of hydrogen-bond donors (Lipinski definition) is 0. The normalized spacial score (nSPS) is 20.1. The Bertz CT molecular complexity index is 446. The van der Waals surface area contributed by atoms with E-state index in [1.54, 1.807) is 18.9 Å². The van der Waals surface area contributed by atoms with Crippen LogP contribution in [0.4, 0.5) is 0 Å². The molecule has 1 aliphatic rings. The summed E-state index contributed by atoms with van der Waals surface area (Å²) in [7, 11) is 1.78. The third-order valence-electron chi connectivity index (χ3n) is 3.75. The van der Waals surface area contributed by atoms with Gasteiger partial charge in [-0.1, -0.05) is 6.92 Å². The number of aromatic nitrogens is 2. The van der Waals surface area contributed by atoms with Crippen LogP contribution in [0.5, 0.6) is 0 Å². The molecule has 1 aliphatic heterocycles. The number of rotatable bonds is 5. The van der Waals surface area contributed by atoms with Crippen molar-refractivity contribution < 1.29 is 9.21 Å². The lowest BCUT2D eigenvalue weighted by Gasteiger charge is -2.30. The predicted octanol–water partition coefficient (Wildman–Crippen LogP) is 1.46. The lowest BCUT2D eigenvalue weighted by Crippen LogP contribution is -2.37. The standard InChI is InChI=1S/C14H24N4O2/c1-11-5-4-7-18(9-11)8-6-14(19)17(3)10-13-16-15-12(2)20-13/h11H,4-10H2,1-3H3. The molecule has 0 saturated carbocycles. The Morgan fingerprint density at radius 2 is 2.30 bits per heavy atom. The minimum Gasteiger partial charge on any atom is -0.424 e. The highest BCUT2D eigenvalue weighted by molar-refractivity contribution is 5.75. The number of nitrogens with zero attached hydrogens (tertiary/aromatic N) is 4. The van der Waals surface area contributed by atoms with Crippen LogP contribution in [-0.4, -0.2) is 52.6 Å². The van der Waals surface area contributed by atoms with Crippen LogP contribution >= 0.6 is 0 Å². The van der Waals surface area contributed by atoms with Crippen LogP contribution in [0.25, 0.3) is 0 Å². The number of hydrogen-bond acceptors (Lipinski definition) is 5. The third kappa shape index (κ3) is 4.30. The van der Waals surface area contributed by atoms with Crippen molar-refractivity contribution in [1.29, 1.82) is 0 Å². The summed E-state index contributed by atoms with van der Waals surface area (Å²) in [6.45, 7) is 7.48. The Morgan fingerprint density at radius 3 is 2.95 bits per heavy atom. The van der Waals surface area contributed by atoms with Crippen LogP contribution in [0.2, 0.25) is 0 Å². The van der Waals surface area contributed by atoms with Crippen molar-refractivity contribution in [3.05, 3.63) is 11.8 Å². The van der Waals surface area contributed by atoms with Gasteiger partial charge in [0.05, 0.1) is 6.54 Å². The van der Waals surface area contributed by atoms with E-state index in [0.29, 0.717) is 24.7 Å². The van der Waals surface area contributed by atoms with Gasteiger partial charge in [-0.25, -0.2) is 0 Å². The average molecular weight is 280 g/mol. The second-order valence-corrected chi connectivity index (χ2v) is 5.76. The highest BCUT2D eigenvalue weighted by Gasteiger charge is 2.18. The van der Waals surface area contributed by atoms with E-state index in [1.807, 2.05) is 0 Å². The molecule has 20 heavy (non-hydrogen) atoms. The van der Waals surface area contributed by atoms with Crippen LogP contribution in [0.1, 0.15) is 38.0 Å². The molecule has 1 fully saturated rings. The molecule has 1 saturated heterocycles. The SMILES string of the molecule is Cc1nnc(CN(C)C(=O)CCN2CCCC(C)C2)o1. The summed E-state index contributed by atoms with van der Waals surface area (Å²) < 4.78 is 5.29. The molecule has 6 heteroatoms. The Kier molecular flexibility index (Phi) is 5.11. The second-order valence-electron chi connectivity index (χ2n) is 5.76. The lowest BCUT2D eigenvalue weighted by atomic mass is 10.0. The topological polar surface area (TPSA) is 62.5 Å². The van der Waals surface area contributed by atoms with Gasteiger partial charge in [-0.3, -0.25) is 4.79 Å². The number of amides is 1. The molecule has 0 radical (unpaired) electrons. The zero-order valence-corrected chi connectivity index (χ0v) is 12.6.